The molecule has 0 heterocycles. The molecule has 0 amide bonds. The molecule has 2 heteroatoms. The molecule has 0 fully saturated rings. The largest absolute Gasteiger partial charge is 0.320 e. The first-order chi connectivity index (χ1) is 10.0. The maximum absolute atomic E-state index is 6.45. The van der Waals surface area contributed by atoms with Crippen molar-refractivity contribution in [3.63, 3.8) is 0 Å². The molecule has 0 bridgehead atoms. The van der Waals surface area contributed by atoms with Crippen LogP contribution < -0.4 is 5.73 Å². The average molecular weight is 340 g/mol. The molecule has 3 aromatic carbocycles. The molecule has 0 aliphatic carbocycles. The quantitative estimate of drug-likeness (QED) is 0.676. The first-order valence-electron chi connectivity index (χ1n) is 7.06. The van der Waals surface area contributed by atoms with Crippen molar-refractivity contribution in [1.29, 1.82) is 0 Å². The highest BCUT2D eigenvalue weighted by atomic mass is 79.9. The summed E-state index contributed by atoms with van der Waals surface area (Å²) in [6, 6.07) is 19.1. The zero-order valence-corrected chi connectivity index (χ0v) is 13.8. The van der Waals surface area contributed by atoms with Crippen molar-refractivity contribution in [3.8, 4) is 0 Å². The Balaban J connectivity index is 2.02. The van der Waals surface area contributed by atoms with Gasteiger partial charge in [0.1, 0.15) is 0 Å². The van der Waals surface area contributed by atoms with Gasteiger partial charge in [-0.1, -0.05) is 52.3 Å². The Morgan fingerprint density at radius 3 is 2.14 bits per heavy atom. The van der Waals surface area contributed by atoms with Crippen LogP contribution in [0.4, 0.5) is 0 Å². The lowest BCUT2D eigenvalue weighted by Gasteiger charge is -2.15. The molecule has 0 saturated carbocycles. The van der Waals surface area contributed by atoms with Crippen LogP contribution in [0.15, 0.2) is 59.1 Å². The number of fused-ring (bicyclic) bond motifs is 1. The fourth-order valence-corrected chi connectivity index (χ4v) is 2.96. The zero-order chi connectivity index (χ0) is 15.0. The van der Waals surface area contributed by atoms with Crippen LogP contribution >= 0.6 is 15.9 Å². The molecule has 0 spiro atoms. The number of halogens is 1. The molecular weight excluding hydrogens is 322 g/mol. The molecule has 0 saturated heterocycles. The fraction of sp³-hybridized carbons (Fsp3) is 0.158. The first kappa shape index (κ1) is 14.3. The Kier molecular flexibility index (Phi) is 3.83. The molecule has 2 N–H and O–H groups in total. The van der Waals surface area contributed by atoms with E-state index in [4.69, 9.17) is 5.73 Å². The number of benzene rings is 3. The molecule has 21 heavy (non-hydrogen) atoms. The molecular formula is C19H18BrN. The van der Waals surface area contributed by atoms with Gasteiger partial charge in [0, 0.05) is 4.47 Å². The number of rotatable bonds is 2. The Morgan fingerprint density at radius 2 is 1.38 bits per heavy atom. The van der Waals surface area contributed by atoms with Gasteiger partial charge >= 0.3 is 0 Å². The van der Waals surface area contributed by atoms with E-state index in [1.54, 1.807) is 0 Å². The highest BCUT2D eigenvalue weighted by molar-refractivity contribution is 9.10. The van der Waals surface area contributed by atoms with Crippen LogP contribution in [0.5, 0.6) is 0 Å². The van der Waals surface area contributed by atoms with Gasteiger partial charge in [0.2, 0.25) is 0 Å². The monoisotopic (exact) mass is 339 g/mol. The Labute approximate surface area is 133 Å². The minimum atomic E-state index is -0.0858. The van der Waals surface area contributed by atoms with E-state index in [2.05, 4.69) is 84.4 Å². The van der Waals surface area contributed by atoms with Gasteiger partial charge in [-0.25, -0.2) is 0 Å². The van der Waals surface area contributed by atoms with Gasteiger partial charge in [-0.3, -0.25) is 0 Å². The summed E-state index contributed by atoms with van der Waals surface area (Å²) in [5, 5.41) is 2.44. The molecule has 1 atom stereocenters. The smallest absolute Gasteiger partial charge is 0.0551 e. The van der Waals surface area contributed by atoms with Crippen LogP contribution in [-0.4, -0.2) is 0 Å². The van der Waals surface area contributed by atoms with E-state index in [1.165, 1.54) is 21.9 Å². The Hall–Kier alpha value is -1.64. The zero-order valence-electron chi connectivity index (χ0n) is 12.2. The van der Waals surface area contributed by atoms with Gasteiger partial charge in [-0.05, 0) is 65.1 Å². The topological polar surface area (TPSA) is 26.0 Å². The van der Waals surface area contributed by atoms with Crippen molar-refractivity contribution in [3.05, 3.63) is 81.3 Å². The molecule has 0 aliphatic rings. The van der Waals surface area contributed by atoms with Gasteiger partial charge in [0.15, 0.2) is 0 Å². The highest BCUT2D eigenvalue weighted by Crippen LogP contribution is 2.26. The molecule has 3 rings (SSSR count). The first-order valence-corrected chi connectivity index (χ1v) is 7.86. The third-order valence-electron chi connectivity index (χ3n) is 4.08. The van der Waals surface area contributed by atoms with E-state index in [9.17, 15) is 0 Å². The molecule has 0 aromatic heterocycles. The van der Waals surface area contributed by atoms with Crippen molar-refractivity contribution < 1.29 is 0 Å². The summed E-state index contributed by atoms with van der Waals surface area (Å²) in [4.78, 5) is 0. The predicted molar refractivity (Wildman–Crippen MR) is 93.6 cm³/mol. The molecule has 0 radical (unpaired) electrons. The summed E-state index contributed by atoms with van der Waals surface area (Å²) in [6.07, 6.45) is 0. The third-order valence-corrected chi connectivity index (χ3v) is 4.57. The minimum absolute atomic E-state index is 0.0858. The van der Waals surface area contributed by atoms with Gasteiger partial charge in [-0.15, -0.1) is 0 Å². The Bertz CT molecular complexity index is 808. The summed E-state index contributed by atoms with van der Waals surface area (Å²) >= 11 is 3.51. The van der Waals surface area contributed by atoms with Gasteiger partial charge in [-0.2, -0.15) is 0 Å². The highest BCUT2D eigenvalue weighted by Gasteiger charge is 2.10. The fourth-order valence-electron chi connectivity index (χ4n) is 2.58. The van der Waals surface area contributed by atoms with E-state index in [0.29, 0.717) is 0 Å². The normalized spacial score (nSPS) is 12.6. The average Bonchev–Trinajstić information content (AvgIpc) is 2.49. The van der Waals surface area contributed by atoms with Gasteiger partial charge in [0.05, 0.1) is 6.04 Å². The molecule has 1 unspecified atom stereocenters. The maximum atomic E-state index is 6.45. The number of hydrogen-bond acceptors (Lipinski definition) is 1. The van der Waals surface area contributed by atoms with E-state index in [0.717, 1.165) is 15.6 Å². The maximum Gasteiger partial charge on any atom is 0.0551 e. The lowest BCUT2D eigenvalue weighted by atomic mass is 9.95. The number of aryl methyl sites for hydroxylation is 2. The van der Waals surface area contributed by atoms with Crippen LogP contribution in [-0.2, 0) is 0 Å². The van der Waals surface area contributed by atoms with Crippen molar-refractivity contribution in [2.24, 2.45) is 5.73 Å². The summed E-state index contributed by atoms with van der Waals surface area (Å²) in [7, 11) is 0. The van der Waals surface area contributed by atoms with E-state index >= 15 is 0 Å². The van der Waals surface area contributed by atoms with Crippen LogP contribution in [0.2, 0.25) is 0 Å². The molecule has 106 valence electrons. The van der Waals surface area contributed by atoms with Crippen LogP contribution in [0.3, 0.4) is 0 Å². The molecule has 0 aliphatic heterocycles. The Morgan fingerprint density at radius 1 is 0.762 bits per heavy atom. The second-order valence-corrected chi connectivity index (χ2v) is 6.49. The lowest BCUT2D eigenvalue weighted by molar-refractivity contribution is 0.870. The molecule has 3 aromatic rings. The number of nitrogens with two attached hydrogens (primary N) is 1. The minimum Gasteiger partial charge on any atom is -0.320 e. The standard InChI is InChI=1S/C19H18BrN/c1-12-3-4-16(9-13(12)2)19(21)17-6-5-15-11-18(20)8-7-14(15)10-17/h3-11,19H,21H2,1-2H3. The summed E-state index contributed by atoms with van der Waals surface area (Å²) < 4.78 is 1.10. The second-order valence-electron chi connectivity index (χ2n) is 5.57. The SMILES string of the molecule is Cc1ccc(C(N)c2ccc3cc(Br)ccc3c2)cc1C. The van der Waals surface area contributed by atoms with Crippen LogP contribution in [0.25, 0.3) is 10.8 Å². The predicted octanol–water partition coefficient (Wildman–Crippen LogP) is 5.27. The van der Waals surface area contributed by atoms with Gasteiger partial charge in [0.25, 0.3) is 0 Å². The van der Waals surface area contributed by atoms with Crippen molar-refractivity contribution in [2.45, 2.75) is 19.9 Å². The summed E-state index contributed by atoms with van der Waals surface area (Å²) in [5.41, 5.74) is 11.3. The third kappa shape index (κ3) is 2.87. The van der Waals surface area contributed by atoms with E-state index < -0.39 is 0 Å². The van der Waals surface area contributed by atoms with Crippen LogP contribution in [0.1, 0.15) is 28.3 Å². The van der Waals surface area contributed by atoms with Crippen LogP contribution in [0, 0.1) is 13.8 Å². The van der Waals surface area contributed by atoms with E-state index in [1.807, 2.05) is 0 Å². The number of hydrogen-bond donors (Lipinski definition) is 1. The summed E-state index contributed by atoms with van der Waals surface area (Å²) in [6.45, 7) is 4.25. The summed E-state index contributed by atoms with van der Waals surface area (Å²) in [5.74, 6) is 0. The second kappa shape index (κ2) is 5.63. The molecule has 1 nitrogen and oxygen atoms in total. The van der Waals surface area contributed by atoms with Gasteiger partial charge < -0.3 is 5.73 Å². The van der Waals surface area contributed by atoms with Crippen molar-refractivity contribution in [2.75, 3.05) is 0 Å². The van der Waals surface area contributed by atoms with Crippen molar-refractivity contribution >= 4 is 26.7 Å². The lowest BCUT2D eigenvalue weighted by Crippen LogP contribution is -2.12. The van der Waals surface area contributed by atoms with E-state index in [-0.39, 0.29) is 6.04 Å². The van der Waals surface area contributed by atoms with Crippen molar-refractivity contribution in [1.82, 2.24) is 0 Å².